The molecule has 20 heavy (non-hydrogen) atoms. The molecule has 3 heteroatoms. The summed E-state index contributed by atoms with van der Waals surface area (Å²) in [5, 5.41) is 0. The van der Waals surface area contributed by atoms with Crippen LogP contribution in [0.15, 0.2) is 0 Å². The molecule has 0 amide bonds. The van der Waals surface area contributed by atoms with Crippen molar-refractivity contribution < 1.29 is 0 Å². The molecule has 1 heterocycles. The van der Waals surface area contributed by atoms with E-state index in [1.165, 1.54) is 71.0 Å². The Bertz CT molecular complexity index is 325. The minimum absolute atomic E-state index is 0.323. The van der Waals surface area contributed by atoms with Crippen LogP contribution in [0, 0.1) is 5.41 Å². The number of rotatable bonds is 2. The van der Waals surface area contributed by atoms with Crippen LogP contribution in [0.4, 0.5) is 0 Å². The Hall–Kier alpha value is -0.120. The maximum Gasteiger partial charge on any atom is 0.0333 e. The lowest BCUT2D eigenvalue weighted by molar-refractivity contribution is -0.0260. The molecule has 0 aromatic carbocycles. The standard InChI is InChI=1S/C17H33N3/c1-15-13-20(12-11-19(15)2)17(14-18)9-7-16(8-10-17)5-3-4-6-16/h15H,3-14,18H2,1-2H3. The summed E-state index contributed by atoms with van der Waals surface area (Å²) >= 11 is 0. The normalized spacial score (nSPS) is 34.6. The summed E-state index contributed by atoms with van der Waals surface area (Å²) in [4.78, 5) is 5.24. The van der Waals surface area contributed by atoms with Crippen LogP contribution in [0.25, 0.3) is 0 Å². The van der Waals surface area contributed by atoms with E-state index < -0.39 is 0 Å². The molecule has 1 atom stereocenters. The summed E-state index contributed by atoms with van der Waals surface area (Å²) in [7, 11) is 2.26. The molecule has 1 spiro atoms. The van der Waals surface area contributed by atoms with Gasteiger partial charge in [0.1, 0.15) is 0 Å². The summed E-state index contributed by atoms with van der Waals surface area (Å²) in [6.45, 7) is 6.84. The van der Waals surface area contributed by atoms with Crippen molar-refractivity contribution in [3.63, 3.8) is 0 Å². The molecule has 3 nitrogen and oxygen atoms in total. The summed E-state index contributed by atoms with van der Waals surface area (Å²) < 4.78 is 0. The number of hydrogen-bond acceptors (Lipinski definition) is 3. The van der Waals surface area contributed by atoms with Gasteiger partial charge in [0, 0.05) is 37.8 Å². The van der Waals surface area contributed by atoms with Crippen molar-refractivity contribution in [2.75, 3.05) is 33.2 Å². The van der Waals surface area contributed by atoms with Crippen LogP contribution < -0.4 is 5.73 Å². The van der Waals surface area contributed by atoms with E-state index in [9.17, 15) is 0 Å². The first kappa shape index (κ1) is 14.8. The lowest BCUT2D eigenvalue weighted by Gasteiger charge is -2.53. The molecular weight excluding hydrogens is 246 g/mol. The molecule has 1 saturated heterocycles. The van der Waals surface area contributed by atoms with Gasteiger partial charge in [-0.05, 0) is 57.9 Å². The number of nitrogens with two attached hydrogens (primary N) is 1. The molecular formula is C17H33N3. The Balaban J connectivity index is 1.67. The number of likely N-dealkylation sites (N-methyl/N-ethyl adjacent to an activating group) is 1. The van der Waals surface area contributed by atoms with E-state index in [4.69, 9.17) is 5.73 Å². The minimum atomic E-state index is 0.323. The van der Waals surface area contributed by atoms with Crippen LogP contribution in [0.5, 0.6) is 0 Å². The predicted octanol–water partition coefficient (Wildman–Crippen LogP) is 2.45. The molecule has 0 radical (unpaired) electrons. The van der Waals surface area contributed by atoms with E-state index in [2.05, 4.69) is 23.8 Å². The Kier molecular flexibility index (Phi) is 4.13. The fourth-order valence-corrected chi connectivity index (χ4v) is 5.00. The zero-order chi connectivity index (χ0) is 14.2. The molecule has 0 aromatic rings. The van der Waals surface area contributed by atoms with Gasteiger partial charge in [0.25, 0.3) is 0 Å². The average Bonchev–Trinajstić information content (AvgIpc) is 2.92. The molecule has 3 aliphatic rings. The predicted molar refractivity (Wildman–Crippen MR) is 84.8 cm³/mol. The van der Waals surface area contributed by atoms with Gasteiger partial charge in [-0.2, -0.15) is 0 Å². The number of nitrogens with zero attached hydrogens (tertiary/aromatic N) is 2. The highest BCUT2D eigenvalue weighted by atomic mass is 15.3. The average molecular weight is 279 g/mol. The van der Waals surface area contributed by atoms with Gasteiger partial charge in [0.15, 0.2) is 0 Å². The second-order valence-corrected chi connectivity index (χ2v) is 7.91. The molecule has 1 unspecified atom stereocenters. The van der Waals surface area contributed by atoms with Crippen molar-refractivity contribution in [2.24, 2.45) is 11.1 Å². The maximum atomic E-state index is 6.28. The van der Waals surface area contributed by atoms with Crippen LogP contribution in [0.2, 0.25) is 0 Å². The molecule has 2 saturated carbocycles. The molecule has 3 fully saturated rings. The summed E-state index contributed by atoms with van der Waals surface area (Å²) in [5.74, 6) is 0. The van der Waals surface area contributed by atoms with Crippen LogP contribution in [0.1, 0.15) is 58.3 Å². The van der Waals surface area contributed by atoms with Gasteiger partial charge >= 0.3 is 0 Å². The Morgan fingerprint density at radius 3 is 2.20 bits per heavy atom. The maximum absolute atomic E-state index is 6.28. The van der Waals surface area contributed by atoms with E-state index in [1.807, 2.05) is 0 Å². The lowest BCUT2D eigenvalue weighted by atomic mass is 9.65. The van der Waals surface area contributed by atoms with Crippen LogP contribution in [-0.4, -0.2) is 54.6 Å². The first-order valence-corrected chi connectivity index (χ1v) is 8.75. The Morgan fingerprint density at radius 1 is 1.00 bits per heavy atom. The molecule has 0 bridgehead atoms. The van der Waals surface area contributed by atoms with Crippen molar-refractivity contribution in [3.8, 4) is 0 Å². The molecule has 2 aliphatic carbocycles. The lowest BCUT2D eigenvalue weighted by Crippen LogP contribution is -2.63. The molecule has 2 N–H and O–H groups in total. The second-order valence-electron chi connectivity index (χ2n) is 7.91. The van der Waals surface area contributed by atoms with Gasteiger partial charge in [0.2, 0.25) is 0 Å². The highest BCUT2D eigenvalue weighted by molar-refractivity contribution is 5.02. The van der Waals surface area contributed by atoms with Crippen molar-refractivity contribution in [1.29, 1.82) is 0 Å². The van der Waals surface area contributed by atoms with E-state index in [1.54, 1.807) is 0 Å². The molecule has 116 valence electrons. The van der Waals surface area contributed by atoms with Crippen molar-refractivity contribution in [2.45, 2.75) is 69.9 Å². The largest absolute Gasteiger partial charge is 0.329 e. The van der Waals surface area contributed by atoms with Gasteiger partial charge in [-0.15, -0.1) is 0 Å². The summed E-state index contributed by atoms with van der Waals surface area (Å²) in [5.41, 5.74) is 7.32. The topological polar surface area (TPSA) is 32.5 Å². The Morgan fingerprint density at radius 2 is 1.65 bits per heavy atom. The van der Waals surface area contributed by atoms with E-state index in [0.717, 1.165) is 12.0 Å². The van der Waals surface area contributed by atoms with Gasteiger partial charge in [-0.25, -0.2) is 0 Å². The van der Waals surface area contributed by atoms with E-state index >= 15 is 0 Å². The summed E-state index contributed by atoms with van der Waals surface area (Å²) in [6.07, 6.45) is 11.5. The second kappa shape index (κ2) is 5.58. The number of piperazine rings is 1. The highest BCUT2D eigenvalue weighted by Gasteiger charge is 2.46. The zero-order valence-electron chi connectivity index (χ0n) is 13.5. The van der Waals surface area contributed by atoms with Crippen molar-refractivity contribution in [1.82, 2.24) is 9.80 Å². The Labute approximate surface area is 124 Å². The van der Waals surface area contributed by atoms with Crippen molar-refractivity contribution in [3.05, 3.63) is 0 Å². The van der Waals surface area contributed by atoms with Gasteiger partial charge in [0.05, 0.1) is 0 Å². The van der Waals surface area contributed by atoms with Crippen LogP contribution >= 0.6 is 0 Å². The minimum Gasteiger partial charge on any atom is -0.329 e. The zero-order valence-corrected chi connectivity index (χ0v) is 13.5. The van der Waals surface area contributed by atoms with Crippen molar-refractivity contribution >= 4 is 0 Å². The quantitative estimate of drug-likeness (QED) is 0.843. The van der Waals surface area contributed by atoms with Crippen LogP contribution in [0.3, 0.4) is 0 Å². The monoisotopic (exact) mass is 279 g/mol. The van der Waals surface area contributed by atoms with Gasteiger partial charge in [-0.1, -0.05) is 12.8 Å². The molecule has 3 rings (SSSR count). The van der Waals surface area contributed by atoms with E-state index in [-0.39, 0.29) is 0 Å². The smallest absolute Gasteiger partial charge is 0.0333 e. The summed E-state index contributed by atoms with van der Waals surface area (Å²) in [6, 6.07) is 0.676. The van der Waals surface area contributed by atoms with Gasteiger partial charge < -0.3 is 10.6 Å². The highest BCUT2D eigenvalue weighted by Crippen LogP contribution is 2.52. The fourth-order valence-electron chi connectivity index (χ4n) is 5.00. The fraction of sp³-hybridized carbons (Fsp3) is 1.00. The van der Waals surface area contributed by atoms with E-state index in [0.29, 0.717) is 11.6 Å². The molecule has 0 aromatic heterocycles. The number of hydrogen-bond donors (Lipinski definition) is 1. The van der Waals surface area contributed by atoms with Gasteiger partial charge in [-0.3, -0.25) is 4.90 Å². The third-order valence-corrected chi connectivity index (χ3v) is 6.92. The van der Waals surface area contributed by atoms with Crippen LogP contribution in [-0.2, 0) is 0 Å². The first-order valence-electron chi connectivity index (χ1n) is 8.75. The third-order valence-electron chi connectivity index (χ3n) is 6.92. The SMILES string of the molecule is CC1CN(C2(CN)CCC3(CCCC3)CC2)CCN1C. The third kappa shape index (κ3) is 2.53. The molecule has 1 aliphatic heterocycles. The first-order chi connectivity index (χ1) is 9.59.